The zero-order chi connectivity index (χ0) is 13.4. The first kappa shape index (κ1) is 14.5. The minimum atomic E-state index is 0.673. The van der Waals surface area contributed by atoms with Crippen molar-refractivity contribution >= 4 is 5.69 Å². The van der Waals surface area contributed by atoms with Crippen LogP contribution in [-0.4, -0.2) is 19.8 Å². The van der Waals surface area contributed by atoms with E-state index < -0.39 is 0 Å². The van der Waals surface area contributed by atoms with Crippen LogP contribution in [0.2, 0.25) is 0 Å². The highest BCUT2D eigenvalue weighted by Crippen LogP contribution is 2.19. The van der Waals surface area contributed by atoms with E-state index in [4.69, 9.17) is 10.00 Å². The SMILES string of the molecule is Cc1cccc(C#N)c1NCCOCCC(C)C. The molecule has 0 atom stereocenters. The van der Waals surface area contributed by atoms with Gasteiger partial charge in [-0.25, -0.2) is 0 Å². The molecule has 1 aromatic rings. The molecule has 0 saturated carbocycles. The Morgan fingerprint density at radius 2 is 2.11 bits per heavy atom. The van der Waals surface area contributed by atoms with Gasteiger partial charge in [0.15, 0.2) is 0 Å². The van der Waals surface area contributed by atoms with Crippen LogP contribution in [0.1, 0.15) is 31.4 Å². The summed E-state index contributed by atoms with van der Waals surface area (Å²) in [6.45, 7) is 8.59. The number of hydrogen-bond acceptors (Lipinski definition) is 3. The van der Waals surface area contributed by atoms with Crippen molar-refractivity contribution in [1.82, 2.24) is 0 Å². The van der Waals surface area contributed by atoms with Gasteiger partial charge in [-0.2, -0.15) is 5.26 Å². The van der Waals surface area contributed by atoms with Crippen LogP contribution in [0, 0.1) is 24.2 Å². The minimum Gasteiger partial charge on any atom is -0.381 e. The van der Waals surface area contributed by atoms with E-state index in [1.165, 1.54) is 0 Å². The molecule has 0 aromatic heterocycles. The van der Waals surface area contributed by atoms with E-state index in [2.05, 4.69) is 25.2 Å². The normalized spacial score (nSPS) is 10.4. The molecule has 0 unspecified atom stereocenters. The van der Waals surface area contributed by atoms with Gasteiger partial charge in [0.05, 0.1) is 17.9 Å². The summed E-state index contributed by atoms with van der Waals surface area (Å²) in [5.41, 5.74) is 2.71. The molecule has 1 aromatic carbocycles. The Balaban J connectivity index is 2.34. The summed E-state index contributed by atoms with van der Waals surface area (Å²) in [6.07, 6.45) is 1.09. The number of rotatable bonds is 7. The van der Waals surface area contributed by atoms with Gasteiger partial charge in [0.2, 0.25) is 0 Å². The predicted octanol–water partition coefficient (Wildman–Crippen LogP) is 3.34. The number of benzene rings is 1. The maximum absolute atomic E-state index is 9.02. The lowest BCUT2D eigenvalue weighted by molar-refractivity contribution is 0.132. The van der Waals surface area contributed by atoms with E-state index in [0.717, 1.165) is 30.8 Å². The van der Waals surface area contributed by atoms with Crippen LogP contribution in [0.15, 0.2) is 18.2 Å². The van der Waals surface area contributed by atoms with Gasteiger partial charge in [0, 0.05) is 13.2 Å². The summed E-state index contributed by atoms with van der Waals surface area (Å²) in [5.74, 6) is 0.680. The molecule has 0 fully saturated rings. The molecule has 3 heteroatoms. The van der Waals surface area contributed by atoms with Crippen molar-refractivity contribution in [3.8, 4) is 6.07 Å². The number of nitrogens with one attached hydrogen (secondary N) is 1. The maximum Gasteiger partial charge on any atom is 0.101 e. The molecule has 0 aliphatic rings. The summed E-state index contributed by atoms with van der Waals surface area (Å²) in [4.78, 5) is 0. The van der Waals surface area contributed by atoms with Gasteiger partial charge in [0.1, 0.15) is 6.07 Å². The number of ether oxygens (including phenoxy) is 1. The molecule has 0 aliphatic carbocycles. The monoisotopic (exact) mass is 246 g/mol. The smallest absolute Gasteiger partial charge is 0.101 e. The van der Waals surface area contributed by atoms with Crippen LogP contribution in [0.3, 0.4) is 0 Å². The Bertz CT molecular complexity index is 407. The van der Waals surface area contributed by atoms with Crippen LogP contribution in [0.4, 0.5) is 5.69 Å². The first-order chi connectivity index (χ1) is 8.65. The summed E-state index contributed by atoms with van der Waals surface area (Å²) in [7, 11) is 0. The number of hydrogen-bond donors (Lipinski definition) is 1. The second-order valence-electron chi connectivity index (χ2n) is 4.83. The quantitative estimate of drug-likeness (QED) is 0.750. The Morgan fingerprint density at radius 3 is 2.78 bits per heavy atom. The Labute approximate surface area is 110 Å². The zero-order valence-electron chi connectivity index (χ0n) is 11.5. The molecule has 0 spiro atoms. The molecule has 0 heterocycles. The molecule has 3 nitrogen and oxygen atoms in total. The van der Waals surface area contributed by atoms with E-state index in [9.17, 15) is 0 Å². The lowest BCUT2D eigenvalue weighted by Gasteiger charge is -2.11. The number of aryl methyl sites for hydroxylation is 1. The molecule has 0 aliphatic heterocycles. The van der Waals surface area contributed by atoms with Crippen LogP contribution < -0.4 is 5.32 Å². The van der Waals surface area contributed by atoms with Crippen molar-refractivity contribution in [2.24, 2.45) is 5.92 Å². The number of para-hydroxylation sites is 1. The van der Waals surface area contributed by atoms with Crippen molar-refractivity contribution in [2.45, 2.75) is 27.2 Å². The molecule has 0 amide bonds. The van der Waals surface area contributed by atoms with Crippen molar-refractivity contribution in [3.63, 3.8) is 0 Å². The highest BCUT2D eigenvalue weighted by Gasteiger charge is 2.03. The fourth-order valence-electron chi connectivity index (χ4n) is 1.66. The van der Waals surface area contributed by atoms with Crippen LogP contribution in [0.25, 0.3) is 0 Å². The summed E-state index contributed by atoms with van der Waals surface area (Å²) >= 11 is 0. The van der Waals surface area contributed by atoms with Gasteiger partial charge < -0.3 is 10.1 Å². The fourth-order valence-corrected chi connectivity index (χ4v) is 1.66. The van der Waals surface area contributed by atoms with Gasteiger partial charge in [-0.15, -0.1) is 0 Å². The van der Waals surface area contributed by atoms with Crippen molar-refractivity contribution in [3.05, 3.63) is 29.3 Å². The predicted molar refractivity (Wildman–Crippen MR) is 74.7 cm³/mol. The molecule has 0 saturated heterocycles. The van der Waals surface area contributed by atoms with E-state index in [1.54, 1.807) is 0 Å². The molecule has 0 radical (unpaired) electrons. The Kier molecular flexibility index (Phi) is 6.24. The van der Waals surface area contributed by atoms with E-state index in [0.29, 0.717) is 18.1 Å². The highest BCUT2D eigenvalue weighted by atomic mass is 16.5. The summed E-state index contributed by atoms with van der Waals surface area (Å²) < 4.78 is 5.53. The van der Waals surface area contributed by atoms with Gasteiger partial charge in [0.25, 0.3) is 0 Å². The van der Waals surface area contributed by atoms with E-state index >= 15 is 0 Å². The first-order valence-electron chi connectivity index (χ1n) is 6.46. The summed E-state index contributed by atoms with van der Waals surface area (Å²) in [6, 6.07) is 7.93. The Morgan fingerprint density at radius 1 is 1.33 bits per heavy atom. The molecule has 1 rings (SSSR count). The number of nitrogens with zero attached hydrogens (tertiary/aromatic N) is 1. The second-order valence-corrected chi connectivity index (χ2v) is 4.83. The Hall–Kier alpha value is -1.53. The van der Waals surface area contributed by atoms with Gasteiger partial charge in [-0.3, -0.25) is 0 Å². The molecule has 18 heavy (non-hydrogen) atoms. The van der Waals surface area contributed by atoms with Gasteiger partial charge >= 0.3 is 0 Å². The third kappa shape index (κ3) is 4.77. The van der Waals surface area contributed by atoms with Crippen molar-refractivity contribution in [1.29, 1.82) is 5.26 Å². The largest absolute Gasteiger partial charge is 0.381 e. The second kappa shape index (κ2) is 7.73. The minimum absolute atomic E-state index is 0.673. The zero-order valence-corrected chi connectivity index (χ0v) is 11.5. The summed E-state index contributed by atoms with van der Waals surface area (Å²) in [5, 5.41) is 12.3. The molecular formula is C15H22N2O. The lowest BCUT2D eigenvalue weighted by Crippen LogP contribution is -2.12. The average Bonchev–Trinajstić information content (AvgIpc) is 2.34. The van der Waals surface area contributed by atoms with Crippen molar-refractivity contribution < 1.29 is 4.74 Å². The molecule has 0 bridgehead atoms. The maximum atomic E-state index is 9.02. The third-order valence-corrected chi connectivity index (χ3v) is 2.78. The fraction of sp³-hybridized carbons (Fsp3) is 0.533. The average molecular weight is 246 g/mol. The topological polar surface area (TPSA) is 45.0 Å². The number of nitriles is 1. The first-order valence-corrected chi connectivity index (χ1v) is 6.46. The third-order valence-electron chi connectivity index (χ3n) is 2.78. The highest BCUT2D eigenvalue weighted by molar-refractivity contribution is 5.62. The molecular weight excluding hydrogens is 224 g/mol. The van der Waals surface area contributed by atoms with Crippen LogP contribution in [0.5, 0.6) is 0 Å². The van der Waals surface area contributed by atoms with E-state index in [1.807, 2.05) is 25.1 Å². The molecule has 1 N–H and O–H groups in total. The molecule has 98 valence electrons. The van der Waals surface area contributed by atoms with E-state index in [-0.39, 0.29) is 0 Å². The van der Waals surface area contributed by atoms with Crippen LogP contribution >= 0.6 is 0 Å². The van der Waals surface area contributed by atoms with Crippen molar-refractivity contribution in [2.75, 3.05) is 25.1 Å². The van der Waals surface area contributed by atoms with Gasteiger partial charge in [-0.05, 0) is 30.9 Å². The lowest BCUT2D eigenvalue weighted by atomic mass is 10.1. The number of anilines is 1. The standard InChI is InChI=1S/C15H22N2O/c1-12(2)7-9-18-10-8-17-15-13(3)5-4-6-14(15)11-16/h4-6,12,17H,7-10H2,1-3H3. The van der Waals surface area contributed by atoms with Crippen LogP contribution in [-0.2, 0) is 4.74 Å². The van der Waals surface area contributed by atoms with Gasteiger partial charge in [-0.1, -0.05) is 26.0 Å².